The van der Waals surface area contributed by atoms with Crippen LogP contribution in [-0.4, -0.2) is 23.9 Å². The van der Waals surface area contributed by atoms with E-state index in [9.17, 15) is 5.11 Å². The van der Waals surface area contributed by atoms with Gasteiger partial charge in [0.1, 0.15) is 11.9 Å². The molecule has 0 saturated heterocycles. The van der Waals surface area contributed by atoms with Gasteiger partial charge in [-0.1, -0.05) is 31.4 Å². The Morgan fingerprint density at radius 2 is 1.65 bits per heavy atom. The first-order chi connectivity index (χ1) is 9.57. The standard InChI is InChI=1S/C17H26O3/c1-13(2)20-15-9-7-14(8-10-15)16(18)17(19-3)11-5-4-6-12-17/h7-10,13,16,18H,4-6,11-12H2,1-3H3. The minimum absolute atomic E-state index is 0.162. The first-order valence-electron chi connectivity index (χ1n) is 7.57. The molecule has 1 saturated carbocycles. The highest BCUT2D eigenvalue weighted by Gasteiger charge is 2.39. The lowest BCUT2D eigenvalue weighted by Crippen LogP contribution is -2.40. The molecule has 1 N–H and O–H groups in total. The predicted octanol–water partition coefficient (Wildman–Crippen LogP) is 3.86. The SMILES string of the molecule is COC1(C(O)c2ccc(OC(C)C)cc2)CCCCC1. The van der Waals surface area contributed by atoms with Crippen molar-refractivity contribution in [3.8, 4) is 5.75 Å². The summed E-state index contributed by atoms with van der Waals surface area (Å²) < 4.78 is 11.3. The van der Waals surface area contributed by atoms with E-state index in [1.807, 2.05) is 38.1 Å². The number of aliphatic hydroxyl groups is 1. The van der Waals surface area contributed by atoms with Crippen molar-refractivity contribution in [2.75, 3.05) is 7.11 Å². The fraction of sp³-hybridized carbons (Fsp3) is 0.647. The van der Waals surface area contributed by atoms with Crippen LogP contribution in [0.3, 0.4) is 0 Å². The van der Waals surface area contributed by atoms with Gasteiger partial charge in [-0.15, -0.1) is 0 Å². The van der Waals surface area contributed by atoms with Crippen LogP contribution in [0.2, 0.25) is 0 Å². The third kappa shape index (κ3) is 3.33. The zero-order chi connectivity index (χ0) is 14.6. The maximum absolute atomic E-state index is 10.7. The van der Waals surface area contributed by atoms with Crippen LogP contribution in [0.1, 0.15) is 57.6 Å². The minimum Gasteiger partial charge on any atom is -0.491 e. The average Bonchev–Trinajstić information content (AvgIpc) is 2.47. The molecule has 0 bridgehead atoms. The minimum atomic E-state index is -0.569. The fourth-order valence-corrected chi connectivity index (χ4v) is 3.04. The maximum atomic E-state index is 10.7. The van der Waals surface area contributed by atoms with E-state index >= 15 is 0 Å². The molecule has 0 radical (unpaired) electrons. The summed E-state index contributed by atoms with van der Waals surface area (Å²) in [6.07, 6.45) is 4.93. The molecule has 3 nitrogen and oxygen atoms in total. The molecule has 0 amide bonds. The molecule has 1 unspecified atom stereocenters. The highest BCUT2D eigenvalue weighted by Crippen LogP contribution is 2.41. The largest absolute Gasteiger partial charge is 0.491 e. The smallest absolute Gasteiger partial charge is 0.119 e. The summed E-state index contributed by atoms with van der Waals surface area (Å²) in [5, 5.41) is 10.7. The first-order valence-corrected chi connectivity index (χ1v) is 7.57. The van der Waals surface area contributed by atoms with Crippen LogP contribution < -0.4 is 4.74 Å². The van der Waals surface area contributed by atoms with Gasteiger partial charge in [-0.05, 0) is 44.4 Å². The molecule has 1 aromatic rings. The highest BCUT2D eigenvalue weighted by molar-refractivity contribution is 5.30. The van der Waals surface area contributed by atoms with Gasteiger partial charge >= 0.3 is 0 Å². The Bertz CT molecular complexity index is 405. The van der Waals surface area contributed by atoms with E-state index < -0.39 is 11.7 Å². The molecule has 2 rings (SSSR count). The molecule has 0 aliphatic heterocycles. The Balaban J connectivity index is 2.13. The second-order valence-electron chi connectivity index (χ2n) is 5.97. The van der Waals surface area contributed by atoms with E-state index in [0.717, 1.165) is 37.0 Å². The molecule has 0 spiro atoms. The van der Waals surface area contributed by atoms with Crippen molar-refractivity contribution in [1.82, 2.24) is 0 Å². The van der Waals surface area contributed by atoms with Crippen LogP contribution in [0.15, 0.2) is 24.3 Å². The Morgan fingerprint density at radius 1 is 1.05 bits per heavy atom. The van der Waals surface area contributed by atoms with Crippen molar-refractivity contribution in [3.63, 3.8) is 0 Å². The van der Waals surface area contributed by atoms with Gasteiger partial charge in [0.2, 0.25) is 0 Å². The lowest BCUT2D eigenvalue weighted by Gasteiger charge is -2.40. The van der Waals surface area contributed by atoms with Crippen LogP contribution in [0.25, 0.3) is 0 Å². The highest BCUT2D eigenvalue weighted by atomic mass is 16.5. The van der Waals surface area contributed by atoms with Gasteiger partial charge in [0.15, 0.2) is 0 Å². The van der Waals surface area contributed by atoms with Crippen molar-refractivity contribution in [2.24, 2.45) is 0 Å². The Kier molecular flexibility index (Phi) is 5.06. The second kappa shape index (κ2) is 6.59. The normalized spacial score (nSPS) is 19.9. The number of hydrogen-bond donors (Lipinski definition) is 1. The Morgan fingerprint density at radius 3 is 2.15 bits per heavy atom. The predicted molar refractivity (Wildman–Crippen MR) is 80.0 cm³/mol. The molecular formula is C17H26O3. The van der Waals surface area contributed by atoms with Gasteiger partial charge in [-0.25, -0.2) is 0 Å². The van der Waals surface area contributed by atoms with Gasteiger partial charge in [0.25, 0.3) is 0 Å². The summed E-state index contributed by atoms with van der Waals surface area (Å²) in [5.74, 6) is 0.839. The molecule has 1 aliphatic carbocycles. The van der Waals surface area contributed by atoms with Crippen molar-refractivity contribution in [2.45, 2.75) is 63.8 Å². The van der Waals surface area contributed by atoms with Crippen LogP contribution in [0, 0.1) is 0 Å². The molecule has 1 atom stereocenters. The van der Waals surface area contributed by atoms with Crippen LogP contribution >= 0.6 is 0 Å². The van der Waals surface area contributed by atoms with Crippen molar-refractivity contribution < 1.29 is 14.6 Å². The van der Waals surface area contributed by atoms with E-state index in [1.165, 1.54) is 6.42 Å². The van der Waals surface area contributed by atoms with Crippen LogP contribution in [0.5, 0.6) is 5.75 Å². The summed E-state index contributed by atoms with van der Waals surface area (Å²) in [5.41, 5.74) is 0.489. The molecule has 0 aromatic heterocycles. The molecule has 112 valence electrons. The van der Waals surface area contributed by atoms with Gasteiger partial charge in [-0.2, -0.15) is 0 Å². The lowest BCUT2D eigenvalue weighted by molar-refractivity contribution is -0.125. The average molecular weight is 278 g/mol. The van der Waals surface area contributed by atoms with E-state index in [0.29, 0.717) is 0 Å². The maximum Gasteiger partial charge on any atom is 0.119 e. The number of ether oxygens (including phenoxy) is 2. The summed E-state index contributed by atoms with van der Waals surface area (Å²) >= 11 is 0. The van der Waals surface area contributed by atoms with Crippen molar-refractivity contribution in [3.05, 3.63) is 29.8 Å². The zero-order valence-electron chi connectivity index (χ0n) is 12.8. The molecule has 1 fully saturated rings. The Hall–Kier alpha value is -1.06. The van der Waals surface area contributed by atoms with E-state index in [2.05, 4.69) is 0 Å². The first kappa shape index (κ1) is 15.3. The number of benzene rings is 1. The zero-order valence-corrected chi connectivity index (χ0v) is 12.8. The molecule has 0 heterocycles. The number of aliphatic hydroxyl groups excluding tert-OH is 1. The molecular weight excluding hydrogens is 252 g/mol. The fourth-order valence-electron chi connectivity index (χ4n) is 3.04. The molecule has 20 heavy (non-hydrogen) atoms. The van der Waals surface area contributed by atoms with Gasteiger partial charge in [-0.3, -0.25) is 0 Å². The van der Waals surface area contributed by atoms with E-state index in [4.69, 9.17) is 9.47 Å². The quantitative estimate of drug-likeness (QED) is 0.889. The molecule has 1 aliphatic rings. The topological polar surface area (TPSA) is 38.7 Å². The number of rotatable bonds is 5. The lowest BCUT2D eigenvalue weighted by atomic mass is 9.78. The van der Waals surface area contributed by atoms with Gasteiger partial charge in [0, 0.05) is 7.11 Å². The molecule has 1 aromatic carbocycles. The number of methoxy groups -OCH3 is 1. The van der Waals surface area contributed by atoms with Gasteiger partial charge in [0.05, 0.1) is 11.7 Å². The second-order valence-corrected chi connectivity index (χ2v) is 5.97. The summed E-state index contributed by atoms with van der Waals surface area (Å²) in [6.45, 7) is 4.01. The summed E-state index contributed by atoms with van der Waals surface area (Å²) in [4.78, 5) is 0. The Labute approximate surface area is 121 Å². The van der Waals surface area contributed by atoms with Crippen LogP contribution in [-0.2, 0) is 4.74 Å². The van der Waals surface area contributed by atoms with Crippen LogP contribution in [0.4, 0.5) is 0 Å². The third-order valence-corrected chi connectivity index (χ3v) is 4.17. The van der Waals surface area contributed by atoms with E-state index in [1.54, 1.807) is 7.11 Å². The van der Waals surface area contributed by atoms with Crippen molar-refractivity contribution in [1.29, 1.82) is 0 Å². The van der Waals surface area contributed by atoms with Gasteiger partial charge < -0.3 is 14.6 Å². The van der Waals surface area contributed by atoms with E-state index in [-0.39, 0.29) is 6.10 Å². The summed E-state index contributed by atoms with van der Waals surface area (Å²) in [7, 11) is 1.71. The monoisotopic (exact) mass is 278 g/mol. The number of hydrogen-bond acceptors (Lipinski definition) is 3. The summed E-state index contributed by atoms with van der Waals surface area (Å²) in [6, 6.07) is 7.73. The third-order valence-electron chi connectivity index (χ3n) is 4.17. The van der Waals surface area contributed by atoms with Crippen molar-refractivity contribution >= 4 is 0 Å². The molecule has 3 heteroatoms.